The molecule has 2 aliphatic rings. The van der Waals surface area contributed by atoms with E-state index in [-0.39, 0.29) is 24.7 Å². The van der Waals surface area contributed by atoms with Gasteiger partial charge in [-0.05, 0) is 24.1 Å². The van der Waals surface area contributed by atoms with Crippen LogP contribution in [0.1, 0.15) is 25.8 Å². The second-order valence-electron chi connectivity index (χ2n) is 8.15. The van der Waals surface area contributed by atoms with Crippen LogP contribution in [0.4, 0.5) is 0 Å². The zero-order valence-electron chi connectivity index (χ0n) is 20.5. The molecule has 2 heterocycles. The van der Waals surface area contributed by atoms with E-state index in [9.17, 15) is 9.90 Å². The van der Waals surface area contributed by atoms with Crippen LogP contribution < -0.4 is 15.2 Å². The fraction of sp³-hybridized carbons (Fsp3) is 0.609. The summed E-state index contributed by atoms with van der Waals surface area (Å²) in [6.45, 7) is 6.52. The number of aliphatic hydroxyl groups excluding tert-OH is 1. The summed E-state index contributed by atoms with van der Waals surface area (Å²) in [5, 5.41) is 24.7. The molecule has 1 aromatic carbocycles. The molecule has 35 heavy (non-hydrogen) atoms. The molecule has 0 aromatic heterocycles. The number of hydrogen-bond acceptors (Lipinski definition) is 9. The van der Waals surface area contributed by atoms with Crippen LogP contribution in [0.25, 0.3) is 0 Å². The Morgan fingerprint density at radius 3 is 2.23 bits per heavy atom. The summed E-state index contributed by atoms with van der Waals surface area (Å²) in [7, 11) is 1.58. The number of carboxylic acids is 2. The van der Waals surface area contributed by atoms with E-state index in [2.05, 4.69) is 4.90 Å². The number of methoxy groups -OCH3 is 1. The SMILES string of the molecule is CC(=O)O.CC(=O)O.COc1cc(CN2C[C@@H](N)C[C@@H](O)C2)ccc1OCC(=O)N1CCOCC1. The Labute approximate surface area is 205 Å². The van der Waals surface area contributed by atoms with Crippen molar-refractivity contribution in [2.45, 2.75) is 39.0 Å². The van der Waals surface area contributed by atoms with E-state index in [1.165, 1.54) is 0 Å². The number of morpholine rings is 1. The standard InChI is InChI=1S/C19H29N3O5.2C2H4O2/c1-25-18-8-14(10-21-11-15(20)9-16(23)12-21)2-3-17(18)27-13-19(24)22-4-6-26-7-5-22;2*1-2(3)4/h2-3,8,15-16,23H,4-7,9-13,20H2,1H3;2*1H3,(H,3,4)/t15-,16+;;/m0../s1. The molecule has 2 aliphatic heterocycles. The number of nitrogens with zero attached hydrogens (tertiary/aromatic N) is 2. The van der Waals surface area contributed by atoms with E-state index < -0.39 is 11.9 Å². The number of rotatable bonds is 6. The Hall–Kier alpha value is -2.93. The van der Waals surface area contributed by atoms with Gasteiger partial charge in [0.15, 0.2) is 18.1 Å². The second kappa shape index (κ2) is 15.9. The molecule has 0 unspecified atom stereocenters. The van der Waals surface area contributed by atoms with Crippen molar-refractivity contribution >= 4 is 17.8 Å². The van der Waals surface area contributed by atoms with Crippen molar-refractivity contribution < 1.29 is 43.9 Å². The number of aliphatic hydroxyl groups is 1. The molecular weight excluding hydrogens is 462 g/mol. The predicted octanol–water partition coefficient (Wildman–Crippen LogP) is 0.00850. The lowest BCUT2D eigenvalue weighted by molar-refractivity contribution is -0.137. The fourth-order valence-corrected chi connectivity index (χ4v) is 3.56. The van der Waals surface area contributed by atoms with E-state index >= 15 is 0 Å². The monoisotopic (exact) mass is 499 g/mol. The molecule has 0 spiro atoms. The first-order valence-electron chi connectivity index (χ1n) is 11.2. The quantitative estimate of drug-likeness (QED) is 0.415. The van der Waals surface area contributed by atoms with Crippen molar-refractivity contribution in [3.8, 4) is 11.5 Å². The zero-order chi connectivity index (χ0) is 26.4. The summed E-state index contributed by atoms with van der Waals surface area (Å²) in [5.74, 6) is -0.594. The average Bonchev–Trinajstić information content (AvgIpc) is 2.77. The van der Waals surface area contributed by atoms with Crippen LogP contribution in [0, 0.1) is 0 Å². The number of ether oxygens (including phenoxy) is 3. The number of piperidine rings is 1. The highest BCUT2D eigenvalue weighted by Gasteiger charge is 2.24. The minimum atomic E-state index is -0.833. The molecule has 0 bridgehead atoms. The summed E-state index contributed by atoms with van der Waals surface area (Å²) >= 11 is 0. The van der Waals surface area contributed by atoms with Crippen LogP contribution in [0.15, 0.2) is 18.2 Å². The normalized spacial score (nSPS) is 19.9. The van der Waals surface area contributed by atoms with Crippen LogP contribution >= 0.6 is 0 Å². The highest BCUT2D eigenvalue weighted by Crippen LogP contribution is 2.29. The Kier molecular flexibility index (Phi) is 13.7. The van der Waals surface area contributed by atoms with Crippen LogP contribution in [0.5, 0.6) is 11.5 Å². The first-order valence-corrected chi connectivity index (χ1v) is 11.2. The topological polar surface area (TPSA) is 172 Å². The van der Waals surface area contributed by atoms with E-state index in [0.717, 1.165) is 26.0 Å². The van der Waals surface area contributed by atoms with Gasteiger partial charge in [0.1, 0.15) is 0 Å². The molecule has 0 aliphatic carbocycles. The molecule has 5 N–H and O–H groups in total. The number of benzene rings is 1. The molecule has 2 saturated heterocycles. The number of nitrogens with two attached hydrogens (primary N) is 1. The van der Waals surface area contributed by atoms with E-state index in [0.29, 0.717) is 57.3 Å². The molecule has 0 saturated carbocycles. The van der Waals surface area contributed by atoms with Gasteiger partial charge in [-0.1, -0.05) is 6.07 Å². The van der Waals surface area contributed by atoms with Gasteiger partial charge in [0, 0.05) is 52.6 Å². The first-order chi connectivity index (χ1) is 16.5. The number of carboxylic acid groups (broad SMARTS) is 2. The molecular formula is C23H37N3O9. The van der Waals surface area contributed by atoms with Gasteiger partial charge in [-0.25, -0.2) is 0 Å². The van der Waals surface area contributed by atoms with E-state index in [4.69, 9.17) is 39.7 Å². The Morgan fingerprint density at radius 2 is 1.69 bits per heavy atom. The maximum atomic E-state index is 12.2. The lowest BCUT2D eigenvalue weighted by Gasteiger charge is -2.34. The minimum Gasteiger partial charge on any atom is -0.493 e. The van der Waals surface area contributed by atoms with Crippen LogP contribution in [0.3, 0.4) is 0 Å². The van der Waals surface area contributed by atoms with Crippen molar-refractivity contribution in [2.24, 2.45) is 5.73 Å². The van der Waals surface area contributed by atoms with E-state index in [1.807, 2.05) is 18.2 Å². The smallest absolute Gasteiger partial charge is 0.300 e. The van der Waals surface area contributed by atoms with Gasteiger partial charge in [0.25, 0.3) is 17.8 Å². The van der Waals surface area contributed by atoms with Crippen molar-refractivity contribution in [3.63, 3.8) is 0 Å². The Bertz CT molecular complexity index is 785. The summed E-state index contributed by atoms with van der Waals surface area (Å²) in [4.78, 5) is 34.1. The number of carbonyl (C=O) groups is 3. The minimum absolute atomic E-state index is 0.00977. The molecule has 1 amide bonds. The van der Waals surface area contributed by atoms with Gasteiger partial charge < -0.3 is 40.2 Å². The van der Waals surface area contributed by atoms with Crippen molar-refractivity contribution in [3.05, 3.63) is 23.8 Å². The summed E-state index contributed by atoms with van der Waals surface area (Å²) in [5.41, 5.74) is 7.03. The maximum Gasteiger partial charge on any atom is 0.300 e. The Balaban J connectivity index is 0.000000668. The largest absolute Gasteiger partial charge is 0.493 e. The van der Waals surface area contributed by atoms with Gasteiger partial charge in [0.2, 0.25) is 0 Å². The number of β-amino-alcohol motifs (C(OH)–C–C–N with tert-alkyl or cyclic N) is 1. The number of aliphatic carboxylic acids is 2. The van der Waals surface area contributed by atoms with Crippen LogP contribution in [-0.4, -0.2) is 108 Å². The zero-order valence-corrected chi connectivity index (χ0v) is 20.5. The lowest BCUT2D eigenvalue weighted by atomic mass is 10.0. The molecule has 1 aromatic rings. The van der Waals surface area contributed by atoms with Crippen molar-refractivity contribution in [1.82, 2.24) is 9.80 Å². The number of carbonyl (C=O) groups excluding carboxylic acids is 1. The molecule has 0 radical (unpaired) electrons. The third kappa shape index (κ3) is 12.9. The summed E-state index contributed by atoms with van der Waals surface area (Å²) in [6, 6.07) is 5.66. The lowest BCUT2D eigenvalue weighted by Crippen LogP contribution is -2.48. The van der Waals surface area contributed by atoms with Crippen molar-refractivity contribution in [1.29, 1.82) is 0 Å². The van der Waals surface area contributed by atoms with Crippen LogP contribution in [0.2, 0.25) is 0 Å². The fourth-order valence-electron chi connectivity index (χ4n) is 3.56. The van der Waals surface area contributed by atoms with Gasteiger partial charge >= 0.3 is 0 Å². The molecule has 12 nitrogen and oxygen atoms in total. The average molecular weight is 500 g/mol. The number of hydrogen-bond donors (Lipinski definition) is 4. The molecule has 2 fully saturated rings. The third-order valence-electron chi connectivity index (χ3n) is 4.89. The van der Waals surface area contributed by atoms with Gasteiger partial charge in [-0.2, -0.15) is 0 Å². The van der Waals surface area contributed by atoms with E-state index in [1.54, 1.807) is 12.0 Å². The first kappa shape index (κ1) is 30.1. The molecule has 2 atom stereocenters. The second-order valence-corrected chi connectivity index (χ2v) is 8.15. The maximum absolute atomic E-state index is 12.2. The van der Waals surface area contributed by atoms with Gasteiger partial charge in [0.05, 0.1) is 26.4 Å². The van der Waals surface area contributed by atoms with Crippen LogP contribution in [-0.2, 0) is 25.7 Å². The van der Waals surface area contributed by atoms with Gasteiger partial charge in [-0.3, -0.25) is 19.3 Å². The number of likely N-dealkylation sites (tertiary alicyclic amines) is 1. The molecule has 12 heteroatoms. The number of amides is 1. The molecule has 198 valence electrons. The Morgan fingerprint density at radius 1 is 1.09 bits per heavy atom. The third-order valence-corrected chi connectivity index (χ3v) is 4.89. The molecule has 3 rings (SSSR count). The van der Waals surface area contributed by atoms with Crippen molar-refractivity contribution in [2.75, 3.05) is 53.1 Å². The predicted molar refractivity (Wildman–Crippen MR) is 126 cm³/mol. The summed E-state index contributed by atoms with van der Waals surface area (Å²) in [6.07, 6.45) is 0.258. The highest BCUT2D eigenvalue weighted by molar-refractivity contribution is 5.78. The highest BCUT2D eigenvalue weighted by atomic mass is 16.5. The summed E-state index contributed by atoms with van der Waals surface area (Å²) < 4.78 is 16.4. The van der Waals surface area contributed by atoms with Gasteiger partial charge in [-0.15, -0.1) is 0 Å².